The molecule has 1 fully saturated rings. The van der Waals surface area contributed by atoms with Crippen LogP contribution in [-0.2, 0) is 11.3 Å². The van der Waals surface area contributed by atoms with E-state index in [0.717, 1.165) is 31.5 Å². The molecule has 208 valence electrons. The molecule has 40 heavy (non-hydrogen) atoms. The summed E-state index contributed by atoms with van der Waals surface area (Å²) < 4.78 is 10.9. The van der Waals surface area contributed by atoms with Gasteiger partial charge in [-0.05, 0) is 50.1 Å². The second-order valence-corrected chi connectivity index (χ2v) is 9.65. The van der Waals surface area contributed by atoms with Crippen LogP contribution in [0.5, 0.6) is 11.5 Å². The monoisotopic (exact) mass is 543 g/mol. The molecule has 11 heteroatoms. The number of methoxy groups -OCH3 is 2. The highest BCUT2D eigenvalue weighted by Crippen LogP contribution is 2.36. The predicted octanol–water partition coefficient (Wildman–Crippen LogP) is 4.31. The lowest BCUT2D eigenvalue weighted by Crippen LogP contribution is -2.50. The van der Waals surface area contributed by atoms with Crippen molar-refractivity contribution in [3.8, 4) is 11.5 Å². The SMILES string of the molecule is C=CC(=O)Nc1ccccc1Nc1ncc2c(n1)N(CC1CCNCC1)C(=O)N(c1cc(OC)cc(OC)c1)C2. The fourth-order valence-electron chi connectivity index (χ4n) is 4.92. The number of nitrogens with zero attached hydrogens (tertiary/aromatic N) is 4. The summed E-state index contributed by atoms with van der Waals surface area (Å²) in [4.78, 5) is 38.8. The average Bonchev–Trinajstić information content (AvgIpc) is 2.99. The largest absolute Gasteiger partial charge is 0.497 e. The van der Waals surface area contributed by atoms with Crippen LogP contribution in [-0.4, -0.2) is 55.8 Å². The van der Waals surface area contributed by atoms with E-state index >= 15 is 0 Å². The quantitative estimate of drug-likeness (QED) is 0.342. The van der Waals surface area contributed by atoms with Gasteiger partial charge in [0.05, 0.1) is 37.8 Å². The van der Waals surface area contributed by atoms with E-state index in [9.17, 15) is 9.59 Å². The highest BCUT2D eigenvalue weighted by atomic mass is 16.5. The van der Waals surface area contributed by atoms with Crippen LogP contribution < -0.4 is 35.2 Å². The number of para-hydroxylation sites is 2. The molecule has 0 aliphatic carbocycles. The molecule has 3 heterocycles. The third kappa shape index (κ3) is 5.84. The van der Waals surface area contributed by atoms with Gasteiger partial charge in [0.25, 0.3) is 0 Å². The maximum Gasteiger partial charge on any atom is 0.330 e. The lowest BCUT2D eigenvalue weighted by atomic mass is 9.97. The fraction of sp³-hybridized carbons (Fsp3) is 0.310. The number of hydrogen-bond acceptors (Lipinski definition) is 8. The van der Waals surface area contributed by atoms with E-state index < -0.39 is 0 Å². The molecule has 5 rings (SSSR count). The molecule has 0 bridgehead atoms. The summed E-state index contributed by atoms with van der Waals surface area (Å²) in [6.45, 7) is 6.17. The Labute approximate surface area is 233 Å². The van der Waals surface area contributed by atoms with Crippen LogP contribution in [0.25, 0.3) is 0 Å². The lowest BCUT2D eigenvalue weighted by molar-refractivity contribution is -0.111. The van der Waals surface area contributed by atoms with Crippen molar-refractivity contribution < 1.29 is 19.1 Å². The summed E-state index contributed by atoms with van der Waals surface area (Å²) in [5, 5.41) is 9.37. The van der Waals surface area contributed by atoms with E-state index in [1.54, 1.807) is 42.3 Å². The van der Waals surface area contributed by atoms with Crippen molar-refractivity contribution >= 4 is 40.8 Å². The summed E-state index contributed by atoms with van der Waals surface area (Å²) in [7, 11) is 3.16. The zero-order valence-electron chi connectivity index (χ0n) is 22.6. The molecule has 3 aromatic rings. The third-order valence-electron chi connectivity index (χ3n) is 7.05. The van der Waals surface area contributed by atoms with Gasteiger partial charge in [0.15, 0.2) is 0 Å². The molecule has 1 aromatic heterocycles. The number of ether oxygens (including phenoxy) is 2. The Balaban J connectivity index is 1.50. The number of nitrogens with one attached hydrogen (secondary N) is 3. The van der Waals surface area contributed by atoms with Crippen LogP contribution in [0.3, 0.4) is 0 Å². The predicted molar refractivity (Wildman–Crippen MR) is 155 cm³/mol. The first kappa shape index (κ1) is 26.9. The van der Waals surface area contributed by atoms with E-state index in [1.165, 1.54) is 6.08 Å². The Hall–Kier alpha value is -4.64. The molecule has 0 atom stereocenters. The zero-order chi connectivity index (χ0) is 28.1. The van der Waals surface area contributed by atoms with E-state index in [-0.39, 0.29) is 11.9 Å². The number of amides is 3. The number of carbonyl (C=O) groups excluding carboxylic acids is 2. The zero-order valence-corrected chi connectivity index (χ0v) is 22.6. The van der Waals surface area contributed by atoms with Crippen molar-refractivity contribution in [2.75, 3.05) is 54.3 Å². The maximum atomic E-state index is 14.1. The Morgan fingerprint density at radius 2 is 1.82 bits per heavy atom. The molecular formula is C29H33N7O4. The standard InChI is InChI=1S/C29H33N7O4/c1-4-26(37)32-24-7-5-6-8-25(24)33-28-31-16-20-18-35(21-13-22(39-2)15-23(14-21)40-3)29(38)36(27(20)34-28)17-19-9-11-30-12-10-19/h4-8,13-16,19,30H,1,9-12,17-18H2,2-3H3,(H,32,37)(H,31,33,34). The Bertz CT molecular complexity index is 1380. The number of hydrogen-bond donors (Lipinski definition) is 3. The van der Waals surface area contributed by atoms with Crippen molar-refractivity contribution in [1.29, 1.82) is 0 Å². The van der Waals surface area contributed by atoms with E-state index in [4.69, 9.17) is 14.5 Å². The van der Waals surface area contributed by atoms with E-state index in [0.29, 0.717) is 59.3 Å². The second-order valence-electron chi connectivity index (χ2n) is 9.65. The van der Waals surface area contributed by atoms with Crippen LogP contribution in [0, 0.1) is 5.92 Å². The highest BCUT2D eigenvalue weighted by Gasteiger charge is 2.35. The topological polar surface area (TPSA) is 121 Å². The van der Waals surface area contributed by atoms with E-state index in [2.05, 4.69) is 27.5 Å². The molecule has 0 unspecified atom stereocenters. The number of carbonyl (C=O) groups is 2. The summed E-state index contributed by atoms with van der Waals surface area (Å²) in [5.74, 6) is 2.08. The van der Waals surface area contributed by atoms with Crippen LogP contribution in [0.2, 0.25) is 0 Å². The van der Waals surface area contributed by atoms with Crippen molar-refractivity contribution in [3.63, 3.8) is 0 Å². The first-order valence-electron chi connectivity index (χ1n) is 13.2. The molecule has 2 aliphatic heterocycles. The van der Waals surface area contributed by atoms with Gasteiger partial charge in [-0.3, -0.25) is 14.6 Å². The minimum absolute atomic E-state index is 0.176. The molecule has 0 radical (unpaired) electrons. The average molecular weight is 544 g/mol. The van der Waals surface area contributed by atoms with Gasteiger partial charge in [-0.25, -0.2) is 9.78 Å². The molecule has 2 aliphatic rings. The first-order chi connectivity index (χ1) is 19.5. The Morgan fingerprint density at radius 1 is 1.12 bits per heavy atom. The number of aromatic nitrogens is 2. The number of rotatable bonds is 9. The van der Waals surface area contributed by atoms with Gasteiger partial charge < -0.3 is 25.4 Å². The number of piperidine rings is 1. The van der Waals surface area contributed by atoms with Gasteiger partial charge >= 0.3 is 6.03 Å². The summed E-state index contributed by atoms with van der Waals surface area (Å²) >= 11 is 0. The maximum absolute atomic E-state index is 14.1. The number of urea groups is 1. The van der Waals surface area contributed by atoms with Crippen molar-refractivity contribution in [1.82, 2.24) is 15.3 Å². The molecule has 0 saturated carbocycles. The number of fused-ring (bicyclic) bond motifs is 1. The Kier molecular flexibility index (Phi) is 8.11. The van der Waals surface area contributed by atoms with Gasteiger partial charge in [-0.15, -0.1) is 0 Å². The smallest absolute Gasteiger partial charge is 0.330 e. The Morgan fingerprint density at radius 3 is 2.50 bits per heavy atom. The molecule has 2 aromatic carbocycles. The van der Waals surface area contributed by atoms with Crippen LogP contribution in [0.1, 0.15) is 18.4 Å². The van der Waals surface area contributed by atoms with Gasteiger partial charge in [-0.1, -0.05) is 18.7 Å². The molecule has 3 N–H and O–H groups in total. The molecule has 3 amide bonds. The normalized spacial score (nSPS) is 15.3. The first-order valence-corrected chi connectivity index (χ1v) is 13.2. The van der Waals surface area contributed by atoms with Crippen molar-refractivity contribution in [2.45, 2.75) is 19.4 Å². The van der Waals surface area contributed by atoms with Crippen LogP contribution in [0.15, 0.2) is 61.3 Å². The van der Waals surface area contributed by atoms with Gasteiger partial charge in [0, 0.05) is 36.5 Å². The summed E-state index contributed by atoms with van der Waals surface area (Å²) in [5.41, 5.74) is 2.66. The minimum atomic E-state index is -0.325. The van der Waals surface area contributed by atoms with Crippen LogP contribution >= 0.6 is 0 Å². The summed E-state index contributed by atoms with van der Waals surface area (Å²) in [6.07, 6.45) is 4.89. The van der Waals surface area contributed by atoms with Crippen molar-refractivity contribution in [3.05, 3.63) is 66.9 Å². The molecular weight excluding hydrogens is 510 g/mol. The third-order valence-corrected chi connectivity index (χ3v) is 7.05. The van der Waals surface area contributed by atoms with E-state index in [1.807, 2.05) is 30.3 Å². The summed E-state index contributed by atoms with van der Waals surface area (Å²) in [6, 6.07) is 12.5. The van der Waals surface area contributed by atoms with Gasteiger partial charge in [-0.2, -0.15) is 4.98 Å². The molecule has 0 spiro atoms. The number of benzene rings is 2. The van der Waals surface area contributed by atoms with Crippen LogP contribution in [0.4, 0.5) is 33.6 Å². The lowest BCUT2D eigenvalue weighted by Gasteiger charge is -2.38. The van der Waals surface area contributed by atoms with Gasteiger partial charge in [0.1, 0.15) is 17.3 Å². The molecule has 1 saturated heterocycles. The minimum Gasteiger partial charge on any atom is -0.497 e. The second kappa shape index (κ2) is 12.0. The highest BCUT2D eigenvalue weighted by molar-refractivity contribution is 6.06. The number of anilines is 5. The van der Waals surface area contributed by atoms with Crippen molar-refractivity contribution in [2.24, 2.45) is 5.92 Å². The van der Waals surface area contributed by atoms with Gasteiger partial charge in [0.2, 0.25) is 11.9 Å². The molecule has 11 nitrogen and oxygen atoms in total. The fourth-order valence-corrected chi connectivity index (χ4v) is 4.92.